The highest BCUT2D eigenvalue weighted by atomic mass is 35.5. The molecule has 208 valence electrons. The molecule has 0 fully saturated rings. The molecule has 3 aromatic carbocycles. The van der Waals surface area contributed by atoms with Crippen LogP contribution in [0.5, 0.6) is 0 Å². The van der Waals surface area contributed by atoms with E-state index in [1.807, 2.05) is 13.8 Å². The Bertz CT molecular complexity index is 1430. The normalized spacial score (nSPS) is 12.1. The molecule has 0 unspecified atom stereocenters. The summed E-state index contributed by atoms with van der Waals surface area (Å²) in [5.41, 5.74) is 2.51. The summed E-state index contributed by atoms with van der Waals surface area (Å²) >= 11 is 12.4. The van der Waals surface area contributed by atoms with Gasteiger partial charge in [-0.2, -0.15) is 0 Å². The first-order chi connectivity index (χ1) is 18.4. The van der Waals surface area contributed by atoms with Crippen molar-refractivity contribution in [3.05, 3.63) is 93.5 Å². The van der Waals surface area contributed by atoms with E-state index < -0.39 is 28.5 Å². The number of amides is 2. The number of halogens is 2. The molecule has 0 spiro atoms. The number of nitrogens with zero attached hydrogens (tertiary/aromatic N) is 2. The van der Waals surface area contributed by atoms with Crippen LogP contribution < -0.4 is 9.62 Å². The summed E-state index contributed by atoms with van der Waals surface area (Å²) in [7, 11) is -4.17. The zero-order chi connectivity index (χ0) is 28.7. The molecular formula is C29H33Cl2N3O4S. The Morgan fingerprint density at radius 3 is 2.26 bits per heavy atom. The molecule has 7 nitrogen and oxygen atoms in total. The molecule has 1 atom stereocenters. The lowest BCUT2D eigenvalue weighted by molar-refractivity contribution is -0.139. The molecule has 0 aliphatic carbocycles. The summed E-state index contributed by atoms with van der Waals surface area (Å²) in [6.07, 6.45) is 0.733. The molecule has 3 aromatic rings. The van der Waals surface area contributed by atoms with Gasteiger partial charge in [0.2, 0.25) is 11.8 Å². The molecule has 0 heterocycles. The van der Waals surface area contributed by atoms with Gasteiger partial charge < -0.3 is 10.2 Å². The molecule has 3 rings (SSSR count). The minimum atomic E-state index is -4.17. The smallest absolute Gasteiger partial charge is 0.264 e. The third kappa shape index (κ3) is 7.75. The lowest BCUT2D eigenvalue weighted by atomic mass is 10.1. The van der Waals surface area contributed by atoms with Crippen molar-refractivity contribution in [1.82, 2.24) is 10.2 Å². The van der Waals surface area contributed by atoms with Crippen LogP contribution in [-0.2, 0) is 26.2 Å². The molecule has 10 heteroatoms. The van der Waals surface area contributed by atoms with Gasteiger partial charge in [-0.05, 0) is 74.7 Å². The Morgan fingerprint density at radius 1 is 0.949 bits per heavy atom. The second-order valence-corrected chi connectivity index (χ2v) is 12.1. The summed E-state index contributed by atoms with van der Waals surface area (Å²) in [6, 6.07) is 17.4. The first-order valence-electron chi connectivity index (χ1n) is 12.6. The van der Waals surface area contributed by atoms with Gasteiger partial charge in [0.15, 0.2) is 0 Å². The van der Waals surface area contributed by atoms with E-state index in [1.165, 1.54) is 23.1 Å². The number of hydrogen-bond donors (Lipinski definition) is 1. The van der Waals surface area contributed by atoms with Crippen LogP contribution in [0.4, 0.5) is 5.69 Å². The average molecular weight is 591 g/mol. The quantitative estimate of drug-likeness (QED) is 0.308. The van der Waals surface area contributed by atoms with Gasteiger partial charge in [-0.15, -0.1) is 0 Å². The number of aryl methyl sites for hydroxylation is 2. The van der Waals surface area contributed by atoms with E-state index >= 15 is 0 Å². The van der Waals surface area contributed by atoms with Crippen LogP contribution in [0.25, 0.3) is 0 Å². The van der Waals surface area contributed by atoms with Crippen molar-refractivity contribution in [2.24, 2.45) is 0 Å². The molecule has 0 saturated carbocycles. The minimum Gasteiger partial charge on any atom is -0.354 e. The Hall–Kier alpha value is -3.07. The van der Waals surface area contributed by atoms with Gasteiger partial charge in [0.1, 0.15) is 12.6 Å². The lowest BCUT2D eigenvalue weighted by Gasteiger charge is -2.32. The zero-order valence-corrected chi connectivity index (χ0v) is 24.8. The third-order valence-corrected chi connectivity index (χ3v) is 8.53. The predicted molar refractivity (Wildman–Crippen MR) is 157 cm³/mol. The van der Waals surface area contributed by atoms with Crippen LogP contribution in [0, 0.1) is 13.8 Å². The molecule has 0 aliphatic rings. The largest absolute Gasteiger partial charge is 0.354 e. The maximum absolute atomic E-state index is 13.9. The predicted octanol–water partition coefficient (Wildman–Crippen LogP) is 5.75. The fraction of sp³-hybridized carbons (Fsp3) is 0.310. The van der Waals surface area contributed by atoms with E-state index in [9.17, 15) is 18.0 Å². The average Bonchev–Trinajstić information content (AvgIpc) is 2.90. The van der Waals surface area contributed by atoms with Gasteiger partial charge in [0.05, 0.1) is 10.6 Å². The minimum absolute atomic E-state index is 0.0374. The van der Waals surface area contributed by atoms with E-state index in [2.05, 4.69) is 5.32 Å². The molecule has 0 radical (unpaired) electrons. The number of nitrogens with one attached hydrogen (secondary N) is 1. The molecule has 0 aliphatic heterocycles. The molecule has 1 N–H and O–H groups in total. The maximum Gasteiger partial charge on any atom is 0.264 e. The number of anilines is 1. The van der Waals surface area contributed by atoms with Crippen molar-refractivity contribution < 1.29 is 18.0 Å². The van der Waals surface area contributed by atoms with Crippen molar-refractivity contribution in [3.8, 4) is 0 Å². The van der Waals surface area contributed by atoms with Crippen molar-refractivity contribution in [1.29, 1.82) is 0 Å². The van der Waals surface area contributed by atoms with Crippen LogP contribution in [0.1, 0.15) is 37.0 Å². The highest BCUT2D eigenvalue weighted by Gasteiger charge is 2.33. The summed E-state index contributed by atoms with van der Waals surface area (Å²) in [5, 5.41) is 3.64. The summed E-state index contributed by atoms with van der Waals surface area (Å²) in [6.45, 7) is 7.14. The Labute approximate surface area is 240 Å². The van der Waals surface area contributed by atoms with E-state index in [0.717, 1.165) is 16.3 Å². The van der Waals surface area contributed by atoms with Gasteiger partial charge in [-0.25, -0.2) is 8.42 Å². The summed E-state index contributed by atoms with van der Waals surface area (Å²) in [5.74, 6) is -0.886. The van der Waals surface area contributed by atoms with Gasteiger partial charge in [-0.1, -0.05) is 66.0 Å². The number of sulfonamides is 1. The standard InChI is InChI=1S/C29H33Cl2N3O4S/c1-5-15-32-29(36)22(4)33(18-23-7-6-8-24(30)16-23)28(35)19-34(27-17-25(31)12-11-21(27)3)39(37,38)26-13-9-20(2)10-14-26/h6-14,16-17,22H,5,15,18-19H2,1-4H3,(H,32,36)/t22-/m0/s1. The maximum atomic E-state index is 13.9. The number of hydrogen-bond acceptors (Lipinski definition) is 4. The fourth-order valence-electron chi connectivity index (χ4n) is 4.01. The van der Waals surface area contributed by atoms with Crippen LogP contribution in [0.2, 0.25) is 10.0 Å². The van der Waals surface area contributed by atoms with Crippen LogP contribution in [0.3, 0.4) is 0 Å². The molecule has 0 bridgehead atoms. The Morgan fingerprint density at radius 2 is 1.62 bits per heavy atom. The number of rotatable bonds is 11. The topological polar surface area (TPSA) is 86.8 Å². The first-order valence-corrected chi connectivity index (χ1v) is 14.8. The van der Waals surface area contributed by atoms with Crippen LogP contribution >= 0.6 is 23.2 Å². The number of carbonyl (C=O) groups excluding carboxylic acids is 2. The molecule has 2 amide bonds. The lowest BCUT2D eigenvalue weighted by Crippen LogP contribution is -2.51. The fourth-order valence-corrected chi connectivity index (χ4v) is 5.86. The van der Waals surface area contributed by atoms with Crippen molar-refractivity contribution in [2.45, 2.75) is 51.6 Å². The molecule has 39 heavy (non-hydrogen) atoms. The van der Waals surface area contributed by atoms with E-state index in [4.69, 9.17) is 23.2 Å². The Kier molecular flexibility index (Phi) is 10.4. The SMILES string of the molecule is CCCNC(=O)[C@H](C)N(Cc1cccc(Cl)c1)C(=O)CN(c1cc(Cl)ccc1C)S(=O)(=O)c1ccc(C)cc1. The van der Waals surface area contributed by atoms with Crippen LogP contribution in [-0.4, -0.2) is 44.3 Å². The monoisotopic (exact) mass is 589 g/mol. The van der Waals surface area contributed by atoms with Gasteiger partial charge in [-0.3, -0.25) is 13.9 Å². The highest BCUT2D eigenvalue weighted by molar-refractivity contribution is 7.92. The van der Waals surface area contributed by atoms with Crippen LogP contribution in [0.15, 0.2) is 71.6 Å². The van der Waals surface area contributed by atoms with E-state index in [1.54, 1.807) is 62.4 Å². The van der Waals surface area contributed by atoms with E-state index in [0.29, 0.717) is 27.7 Å². The Balaban J connectivity index is 2.06. The van der Waals surface area contributed by atoms with Crippen molar-refractivity contribution >= 4 is 50.7 Å². The van der Waals surface area contributed by atoms with Gasteiger partial charge >= 0.3 is 0 Å². The number of carbonyl (C=O) groups is 2. The summed E-state index contributed by atoms with van der Waals surface area (Å²) < 4.78 is 28.9. The van der Waals surface area contributed by atoms with Gasteiger partial charge in [0.25, 0.3) is 10.0 Å². The van der Waals surface area contributed by atoms with E-state index in [-0.39, 0.29) is 23.0 Å². The molecular weight excluding hydrogens is 557 g/mol. The summed E-state index contributed by atoms with van der Waals surface area (Å²) in [4.78, 5) is 28.3. The zero-order valence-electron chi connectivity index (χ0n) is 22.4. The second-order valence-electron chi connectivity index (χ2n) is 9.37. The highest BCUT2D eigenvalue weighted by Crippen LogP contribution is 2.30. The second kappa shape index (κ2) is 13.3. The molecule has 0 aromatic heterocycles. The molecule has 0 saturated heterocycles. The third-order valence-electron chi connectivity index (χ3n) is 6.29. The van der Waals surface area contributed by atoms with Crippen molar-refractivity contribution in [2.75, 3.05) is 17.4 Å². The van der Waals surface area contributed by atoms with Crippen molar-refractivity contribution in [3.63, 3.8) is 0 Å². The number of benzene rings is 3. The first kappa shape index (κ1) is 30.5. The van der Waals surface area contributed by atoms with Gasteiger partial charge in [0, 0.05) is 23.1 Å².